The molecule has 8 heteroatoms. The number of nitro benzene ring substituents is 1. The number of rotatable bonds is 5. The number of halogens is 1. The predicted molar refractivity (Wildman–Crippen MR) is 111 cm³/mol. The van der Waals surface area contributed by atoms with Gasteiger partial charge in [-0.3, -0.25) is 14.9 Å². The summed E-state index contributed by atoms with van der Waals surface area (Å²) in [6.07, 6.45) is 1.48. The number of benzene rings is 2. The Hall–Kier alpha value is -4.25. The lowest BCUT2D eigenvalue weighted by molar-refractivity contribution is -0.384. The molecule has 0 unspecified atom stereocenters. The molecule has 0 fully saturated rings. The van der Waals surface area contributed by atoms with Crippen LogP contribution in [0, 0.1) is 41.1 Å². The van der Waals surface area contributed by atoms with Gasteiger partial charge in [-0.25, -0.2) is 4.39 Å². The van der Waals surface area contributed by atoms with Gasteiger partial charge >= 0.3 is 0 Å². The quantitative estimate of drug-likeness (QED) is 0.289. The highest BCUT2D eigenvalue weighted by atomic mass is 19.1. The molecule has 2 aromatic carbocycles. The monoisotopic (exact) mass is 404 g/mol. The first kappa shape index (κ1) is 20.5. The van der Waals surface area contributed by atoms with Crippen LogP contribution in [0.15, 0.2) is 60.2 Å². The first-order chi connectivity index (χ1) is 14.3. The van der Waals surface area contributed by atoms with Crippen LogP contribution in [-0.2, 0) is 4.79 Å². The molecular weight excluding hydrogens is 387 g/mol. The van der Waals surface area contributed by atoms with Gasteiger partial charge in [-0.15, -0.1) is 0 Å². The maximum absolute atomic E-state index is 13.0. The first-order valence-electron chi connectivity index (χ1n) is 8.92. The van der Waals surface area contributed by atoms with Crippen molar-refractivity contribution in [2.45, 2.75) is 13.8 Å². The van der Waals surface area contributed by atoms with Crippen LogP contribution in [0.5, 0.6) is 0 Å². The van der Waals surface area contributed by atoms with E-state index in [0.29, 0.717) is 11.3 Å². The molecule has 1 amide bonds. The van der Waals surface area contributed by atoms with Crippen LogP contribution in [0.1, 0.15) is 17.0 Å². The van der Waals surface area contributed by atoms with Crippen LogP contribution in [0.2, 0.25) is 0 Å². The number of carbonyl (C=O) groups is 1. The summed E-state index contributed by atoms with van der Waals surface area (Å²) in [5.41, 5.74) is 3.25. The number of aryl methyl sites for hydroxylation is 1. The Labute approximate surface area is 171 Å². The van der Waals surface area contributed by atoms with Crippen LogP contribution in [-0.4, -0.2) is 15.4 Å². The van der Waals surface area contributed by atoms with Gasteiger partial charge in [0, 0.05) is 34.9 Å². The SMILES string of the molecule is Cc1cc(/C=C(/C#N)C(=O)Nc2ccc(F)cc2)c(C)n1-c1ccc([N+](=O)[O-])cc1. The minimum Gasteiger partial charge on any atom is -0.321 e. The number of nitriles is 1. The molecule has 1 heterocycles. The lowest BCUT2D eigenvalue weighted by Gasteiger charge is -2.09. The van der Waals surface area contributed by atoms with Crippen LogP contribution < -0.4 is 5.32 Å². The highest BCUT2D eigenvalue weighted by Crippen LogP contribution is 2.24. The molecule has 0 saturated heterocycles. The van der Waals surface area contributed by atoms with Crippen molar-refractivity contribution in [1.29, 1.82) is 5.26 Å². The summed E-state index contributed by atoms with van der Waals surface area (Å²) in [7, 11) is 0. The van der Waals surface area contributed by atoms with Crippen molar-refractivity contribution < 1.29 is 14.1 Å². The van der Waals surface area contributed by atoms with Crippen molar-refractivity contribution in [3.8, 4) is 11.8 Å². The minimum atomic E-state index is -0.607. The van der Waals surface area contributed by atoms with Crippen molar-refractivity contribution in [2.24, 2.45) is 0 Å². The number of carbonyl (C=O) groups excluding carboxylic acids is 1. The fourth-order valence-electron chi connectivity index (χ4n) is 3.09. The van der Waals surface area contributed by atoms with Gasteiger partial charge in [-0.2, -0.15) is 5.26 Å². The van der Waals surface area contributed by atoms with E-state index in [1.54, 1.807) is 12.1 Å². The van der Waals surface area contributed by atoms with Crippen LogP contribution in [0.4, 0.5) is 15.8 Å². The molecule has 1 N–H and O–H groups in total. The van der Waals surface area contributed by atoms with Crippen molar-refractivity contribution in [1.82, 2.24) is 4.57 Å². The number of anilines is 1. The summed E-state index contributed by atoms with van der Waals surface area (Å²) >= 11 is 0. The second kappa shape index (κ2) is 8.41. The molecule has 0 radical (unpaired) electrons. The molecule has 0 atom stereocenters. The number of nitro groups is 1. The van der Waals surface area contributed by atoms with E-state index in [1.165, 1.54) is 42.5 Å². The second-order valence-electron chi connectivity index (χ2n) is 6.57. The lowest BCUT2D eigenvalue weighted by Crippen LogP contribution is -2.13. The zero-order chi connectivity index (χ0) is 21.8. The Morgan fingerprint density at radius 2 is 1.80 bits per heavy atom. The Bertz CT molecular complexity index is 1190. The van der Waals surface area contributed by atoms with E-state index < -0.39 is 16.6 Å². The van der Waals surface area contributed by atoms with Gasteiger partial charge in [-0.1, -0.05) is 0 Å². The number of amides is 1. The van der Waals surface area contributed by atoms with Gasteiger partial charge in [0.05, 0.1) is 4.92 Å². The molecule has 3 aromatic rings. The van der Waals surface area contributed by atoms with Crippen LogP contribution in [0.3, 0.4) is 0 Å². The summed E-state index contributed by atoms with van der Waals surface area (Å²) in [4.78, 5) is 22.8. The molecule has 0 aliphatic carbocycles. The number of non-ortho nitro benzene ring substituents is 1. The molecule has 1 aromatic heterocycles. The van der Waals surface area contributed by atoms with E-state index in [2.05, 4.69) is 5.32 Å². The number of nitrogens with one attached hydrogen (secondary N) is 1. The fourth-order valence-corrected chi connectivity index (χ4v) is 3.09. The summed E-state index contributed by atoms with van der Waals surface area (Å²) < 4.78 is 14.9. The van der Waals surface area contributed by atoms with Crippen LogP contribution >= 0.6 is 0 Å². The third kappa shape index (κ3) is 4.25. The lowest BCUT2D eigenvalue weighted by atomic mass is 10.1. The number of nitrogens with zero attached hydrogens (tertiary/aromatic N) is 3. The van der Waals surface area contributed by atoms with E-state index >= 15 is 0 Å². The topological polar surface area (TPSA) is 101 Å². The van der Waals surface area contributed by atoms with E-state index in [1.807, 2.05) is 30.6 Å². The van der Waals surface area contributed by atoms with Crippen molar-refractivity contribution in [2.75, 3.05) is 5.32 Å². The summed E-state index contributed by atoms with van der Waals surface area (Å²) in [6.45, 7) is 3.68. The maximum Gasteiger partial charge on any atom is 0.269 e. The maximum atomic E-state index is 13.0. The largest absolute Gasteiger partial charge is 0.321 e. The van der Waals surface area contributed by atoms with Gasteiger partial charge < -0.3 is 9.88 Å². The smallest absolute Gasteiger partial charge is 0.269 e. The van der Waals surface area contributed by atoms with E-state index in [4.69, 9.17) is 0 Å². The number of aromatic nitrogens is 1. The Morgan fingerprint density at radius 1 is 1.17 bits per heavy atom. The molecule has 0 aliphatic rings. The third-order valence-electron chi connectivity index (χ3n) is 4.56. The summed E-state index contributed by atoms with van der Waals surface area (Å²) in [5, 5.41) is 22.9. The molecule has 150 valence electrons. The normalized spacial score (nSPS) is 11.1. The van der Waals surface area contributed by atoms with Gasteiger partial charge in [0.25, 0.3) is 11.6 Å². The van der Waals surface area contributed by atoms with Gasteiger partial charge in [0.15, 0.2) is 0 Å². The summed E-state index contributed by atoms with van der Waals surface area (Å²) in [6, 6.07) is 15.0. The van der Waals surface area contributed by atoms with Crippen LogP contribution in [0.25, 0.3) is 11.8 Å². The van der Waals surface area contributed by atoms with Gasteiger partial charge in [-0.05, 0) is 68.0 Å². The summed E-state index contributed by atoms with van der Waals surface area (Å²) in [5.74, 6) is -1.04. The molecular formula is C22H17FN4O3. The van der Waals surface area contributed by atoms with Crippen molar-refractivity contribution in [3.05, 3.63) is 93.1 Å². The molecule has 30 heavy (non-hydrogen) atoms. The van der Waals surface area contributed by atoms with Crippen molar-refractivity contribution in [3.63, 3.8) is 0 Å². The molecule has 3 rings (SSSR count). The second-order valence-corrected chi connectivity index (χ2v) is 6.57. The molecule has 7 nitrogen and oxygen atoms in total. The zero-order valence-corrected chi connectivity index (χ0v) is 16.2. The van der Waals surface area contributed by atoms with E-state index in [-0.39, 0.29) is 11.3 Å². The van der Waals surface area contributed by atoms with Crippen molar-refractivity contribution >= 4 is 23.4 Å². The Morgan fingerprint density at radius 3 is 2.37 bits per heavy atom. The molecule has 0 bridgehead atoms. The molecule has 0 spiro atoms. The highest BCUT2D eigenvalue weighted by Gasteiger charge is 2.15. The highest BCUT2D eigenvalue weighted by molar-refractivity contribution is 6.09. The first-order valence-corrected chi connectivity index (χ1v) is 8.92. The Kier molecular flexibility index (Phi) is 5.74. The standard InChI is InChI=1S/C22H17FN4O3/c1-14-11-16(15(2)26(14)20-7-9-21(10-8-20)27(29)30)12-17(13-24)22(28)25-19-5-3-18(23)4-6-19/h3-12H,1-2H3,(H,25,28)/b17-12-. The van der Waals surface area contributed by atoms with E-state index in [9.17, 15) is 24.6 Å². The Balaban J connectivity index is 1.91. The number of hydrogen-bond acceptors (Lipinski definition) is 4. The zero-order valence-electron chi connectivity index (χ0n) is 16.2. The predicted octanol–water partition coefficient (Wildman–Crippen LogP) is 4.69. The number of hydrogen-bond donors (Lipinski definition) is 1. The fraction of sp³-hybridized carbons (Fsp3) is 0.0909. The average Bonchev–Trinajstić information content (AvgIpc) is 3.00. The van der Waals surface area contributed by atoms with Gasteiger partial charge in [0.1, 0.15) is 17.5 Å². The van der Waals surface area contributed by atoms with Gasteiger partial charge in [0.2, 0.25) is 0 Å². The van der Waals surface area contributed by atoms with E-state index in [0.717, 1.165) is 17.1 Å². The molecule has 0 aliphatic heterocycles. The average molecular weight is 404 g/mol. The third-order valence-corrected chi connectivity index (χ3v) is 4.56. The molecule has 0 saturated carbocycles. The minimum absolute atomic E-state index is 0.00874.